The number of carbonyl (C=O) groups is 1. The molecule has 2 aromatic rings. The van der Waals surface area contributed by atoms with Crippen molar-refractivity contribution in [3.05, 3.63) is 65.7 Å². The molecule has 0 radical (unpaired) electrons. The Morgan fingerprint density at radius 2 is 1.61 bits per heavy atom. The Kier molecular flexibility index (Phi) is 6.61. The highest BCUT2D eigenvalue weighted by Crippen LogP contribution is 2.27. The number of ether oxygens (including phenoxy) is 3. The number of hydrogen-bond donors (Lipinski definition) is 4. The first-order valence-electron chi connectivity index (χ1n) is 8.78. The molecule has 0 aliphatic carbocycles. The van der Waals surface area contributed by atoms with E-state index in [1.165, 1.54) is 12.1 Å². The lowest BCUT2D eigenvalue weighted by Gasteiger charge is -2.39. The van der Waals surface area contributed by atoms with Crippen molar-refractivity contribution in [1.29, 1.82) is 0 Å². The van der Waals surface area contributed by atoms with E-state index >= 15 is 0 Å². The van der Waals surface area contributed by atoms with Crippen molar-refractivity contribution < 1.29 is 39.4 Å². The van der Waals surface area contributed by atoms with Crippen molar-refractivity contribution in [3.63, 3.8) is 0 Å². The average molecular weight is 390 g/mol. The molecular weight excluding hydrogens is 368 g/mol. The number of rotatable bonds is 6. The summed E-state index contributed by atoms with van der Waals surface area (Å²) < 4.78 is 16.2. The van der Waals surface area contributed by atoms with Crippen LogP contribution in [-0.2, 0) is 16.1 Å². The molecule has 5 atom stereocenters. The van der Waals surface area contributed by atoms with Crippen LogP contribution in [0.4, 0.5) is 0 Å². The third-order valence-electron chi connectivity index (χ3n) is 4.41. The highest BCUT2D eigenvalue weighted by Gasteiger charge is 2.45. The number of para-hydroxylation sites is 1. The Balaban J connectivity index is 1.72. The monoisotopic (exact) mass is 390 g/mol. The second-order valence-corrected chi connectivity index (χ2v) is 6.37. The summed E-state index contributed by atoms with van der Waals surface area (Å²) in [6.45, 7) is -0.500. The van der Waals surface area contributed by atoms with Gasteiger partial charge in [0.2, 0.25) is 6.29 Å². The first kappa shape index (κ1) is 20.2. The molecule has 0 amide bonds. The van der Waals surface area contributed by atoms with Gasteiger partial charge in [0.1, 0.15) is 42.3 Å². The smallest absolute Gasteiger partial charge is 0.342 e. The van der Waals surface area contributed by atoms with Gasteiger partial charge < -0.3 is 34.6 Å². The van der Waals surface area contributed by atoms with Gasteiger partial charge in [-0.05, 0) is 17.7 Å². The number of benzene rings is 2. The second-order valence-electron chi connectivity index (χ2n) is 6.37. The minimum atomic E-state index is -1.58. The quantitative estimate of drug-likeness (QED) is 0.516. The van der Waals surface area contributed by atoms with Crippen LogP contribution in [0.25, 0.3) is 0 Å². The van der Waals surface area contributed by atoms with Crippen molar-refractivity contribution in [1.82, 2.24) is 0 Å². The molecule has 5 unspecified atom stereocenters. The molecule has 150 valence electrons. The number of aliphatic hydroxyl groups is 4. The highest BCUT2D eigenvalue weighted by atomic mass is 16.7. The van der Waals surface area contributed by atoms with Crippen LogP contribution < -0.4 is 4.74 Å². The molecule has 0 aromatic heterocycles. The first-order valence-corrected chi connectivity index (χ1v) is 8.78. The summed E-state index contributed by atoms with van der Waals surface area (Å²) in [4.78, 5) is 12.5. The summed E-state index contributed by atoms with van der Waals surface area (Å²) in [6.07, 6.45) is -7.15. The van der Waals surface area contributed by atoms with Crippen LogP contribution in [0, 0.1) is 0 Å². The predicted octanol–water partition coefficient (Wildman–Crippen LogP) is 0.222. The fourth-order valence-corrected chi connectivity index (χ4v) is 2.83. The zero-order valence-electron chi connectivity index (χ0n) is 14.9. The van der Waals surface area contributed by atoms with E-state index in [0.717, 1.165) is 5.56 Å². The molecule has 0 spiro atoms. The maximum atomic E-state index is 12.5. The molecule has 4 N–H and O–H groups in total. The van der Waals surface area contributed by atoms with Gasteiger partial charge in [0.05, 0.1) is 6.61 Å². The maximum absolute atomic E-state index is 12.5. The summed E-state index contributed by atoms with van der Waals surface area (Å²) in [5, 5.41) is 39.1. The molecule has 0 saturated carbocycles. The van der Waals surface area contributed by atoms with Gasteiger partial charge in [-0.1, -0.05) is 42.5 Å². The van der Waals surface area contributed by atoms with Crippen LogP contribution in [0.2, 0.25) is 0 Å². The molecule has 28 heavy (non-hydrogen) atoms. The Morgan fingerprint density at radius 3 is 2.32 bits per heavy atom. The Hall–Kier alpha value is -2.49. The Bertz CT molecular complexity index is 779. The standard InChI is InChI=1S/C20H22O8/c21-10-15-16(22)17(23)18(24)20(28-15)27-14-9-5-4-8-13(14)19(25)26-11-12-6-2-1-3-7-12/h1-9,15-18,20-24H,10-11H2. The van der Waals surface area contributed by atoms with Gasteiger partial charge in [0.25, 0.3) is 0 Å². The number of aliphatic hydroxyl groups excluding tert-OH is 4. The van der Waals surface area contributed by atoms with Gasteiger partial charge in [0.15, 0.2) is 0 Å². The number of carbonyl (C=O) groups excluding carboxylic acids is 1. The van der Waals surface area contributed by atoms with E-state index in [0.29, 0.717) is 0 Å². The van der Waals surface area contributed by atoms with Crippen molar-refractivity contribution in [3.8, 4) is 5.75 Å². The Labute approximate surface area is 161 Å². The molecule has 3 rings (SSSR count). The van der Waals surface area contributed by atoms with E-state index in [9.17, 15) is 25.2 Å². The molecule has 1 aliphatic heterocycles. The molecule has 1 aliphatic rings. The van der Waals surface area contributed by atoms with Crippen LogP contribution in [0.15, 0.2) is 54.6 Å². The molecule has 1 saturated heterocycles. The van der Waals surface area contributed by atoms with E-state index in [1.807, 2.05) is 30.3 Å². The SMILES string of the molecule is O=C(OCc1ccccc1)c1ccccc1OC1OC(CO)C(O)C(O)C1O. The lowest BCUT2D eigenvalue weighted by molar-refractivity contribution is -0.277. The van der Waals surface area contributed by atoms with E-state index in [2.05, 4.69) is 0 Å². The van der Waals surface area contributed by atoms with Crippen LogP contribution in [0.5, 0.6) is 5.75 Å². The third-order valence-corrected chi connectivity index (χ3v) is 4.41. The predicted molar refractivity (Wildman–Crippen MR) is 96.4 cm³/mol. The van der Waals surface area contributed by atoms with Gasteiger partial charge in [-0.3, -0.25) is 0 Å². The van der Waals surface area contributed by atoms with Gasteiger partial charge in [-0.2, -0.15) is 0 Å². The molecule has 2 aromatic carbocycles. The fraction of sp³-hybridized carbons (Fsp3) is 0.350. The third kappa shape index (κ3) is 4.49. The lowest BCUT2D eigenvalue weighted by atomic mass is 9.99. The zero-order valence-corrected chi connectivity index (χ0v) is 14.9. The average Bonchev–Trinajstić information content (AvgIpc) is 2.73. The van der Waals surface area contributed by atoms with Gasteiger partial charge >= 0.3 is 5.97 Å². The van der Waals surface area contributed by atoms with Crippen molar-refractivity contribution in [2.75, 3.05) is 6.61 Å². The molecule has 8 nitrogen and oxygen atoms in total. The van der Waals surface area contributed by atoms with Gasteiger partial charge in [-0.25, -0.2) is 4.79 Å². The Morgan fingerprint density at radius 1 is 0.929 bits per heavy atom. The van der Waals surface area contributed by atoms with Crippen molar-refractivity contribution in [2.45, 2.75) is 37.3 Å². The van der Waals surface area contributed by atoms with Crippen LogP contribution in [0.1, 0.15) is 15.9 Å². The van der Waals surface area contributed by atoms with Crippen molar-refractivity contribution >= 4 is 5.97 Å². The number of hydrogen-bond acceptors (Lipinski definition) is 8. The van der Waals surface area contributed by atoms with E-state index in [-0.39, 0.29) is 17.9 Å². The van der Waals surface area contributed by atoms with Gasteiger partial charge in [-0.15, -0.1) is 0 Å². The van der Waals surface area contributed by atoms with Gasteiger partial charge in [0, 0.05) is 0 Å². The van der Waals surface area contributed by atoms with E-state index < -0.39 is 43.3 Å². The summed E-state index contributed by atoms with van der Waals surface area (Å²) in [5.41, 5.74) is 0.929. The first-order chi connectivity index (χ1) is 13.5. The normalized spacial score (nSPS) is 27.2. The molecule has 8 heteroatoms. The summed E-state index contributed by atoms with van der Waals surface area (Å²) in [7, 11) is 0. The van der Waals surface area contributed by atoms with Crippen LogP contribution >= 0.6 is 0 Å². The highest BCUT2D eigenvalue weighted by molar-refractivity contribution is 5.92. The summed E-state index contributed by atoms with van der Waals surface area (Å²) >= 11 is 0. The summed E-state index contributed by atoms with van der Waals surface area (Å²) in [5.74, 6) is -0.561. The summed E-state index contributed by atoms with van der Waals surface area (Å²) in [6, 6.07) is 15.4. The second kappa shape index (κ2) is 9.13. The minimum absolute atomic E-state index is 0.0740. The van der Waals surface area contributed by atoms with Crippen LogP contribution in [0.3, 0.4) is 0 Å². The zero-order chi connectivity index (χ0) is 20.1. The van der Waals surface area contributed by atoms with E-state index in [1.54, 1.807) is 12.1 Å². The lowest BCUT2D eigenvalue weighted by Crippen LogP contribution is -2.60. The molecule has 1 heterocycles. The molecule has 0 bridgehead atoms. The largest absolute Gasteiger partial charge is 0.461 e. The van der Waals surface area contributed by atoms with Crippen LogP contribution in [-0.4, -0.2) is 63.7 Å². The van der Waals surface area contributed by atoms with Crippen molar-refractivity contribution in [2.24, 2.45) is 0 Å². The maximum Gasteiger partial charge on any atom is 0.342 e. The molecule has 1 fully saturated rings. The molecular formula is C20H22O8. The number of esters is 1. The minimum Gasteiger partial charge on any atom is -0.461 e. The van der Waals surface area contributed by atoms with E-state index in [4.69, 9.17) is 14.2 Å². The fourth-order valence-electron chi connectivity index (χ4n) is 2.83. The topological polar surface area (TPSA) is 126 Å².